The lowest BCUT2D eigenvalue weighted by molar-refractivity contribution is 0.148. The first-order valence-corrected chi connectivity index (χ1v) is 13.3. The Bertz CT molecular complexity index is 1630. The fraction of sp³-hybridized carbons (Fsp3) is 0.265. The summed E-state index contributed by atoms with van der Waals surface area (Å²) in [4.78, 5) is 13.5. The van der Waals surface area contributed by atoms with E-state index >= 15 is 0 Å². The minimum Gasteiger partial charge on any atom is -0.507 e. The van der Waals surface area contributed by atoms with Crippen molar-refractivity contribution in [1.82, 2.24) is 0 Å². The van der Waals surface area contributed by atoms with Crippen molar-refractivity contribution in [2.24, 2.45) is 0 Å². The molecule has 0 saturated carbocycles. The number of hydrogen-bond donors (Lipinski definition) is 1. The van der Waals surface area contributed by atoms with Crippen LogP contribution in [-0.4, -0.2) is 29.5 Å². The van der Waals surface area contributed by atoms with Crippen LogP contribution in [0.5, 0.6) is 23.0 Å². The SMILES string of the molecule is C=CC(C)(C)Oc1cc(O)c2c(=O)c3ccc(OC(C)(C)C=C)c(OC/C=C/COCc4ccccc4)c3oc2c1. The van der Waals surface area contributed by atoms with E-state index in [9.17, 15) is 9.90 Å². The fourth-order valence-electron chi connectivity index (χ4n) is 3.99. The highest BCUT2D eigenvalue weighted by Gasteiger charge is 2.24. The Balaban J connectivity index is 1.68. The van der Waals surface area contributed by atoms with Crippen LogP contribution in [-0.2, 0) is 11.3 Å². The number of fused-ring (bicyclic) bond motifs is 2. The lowest BCUT2D eigenvalue weighted by Gasteiger charge is -2.24. The molecule has 0 bridgehead atoms. The number of hydrogen-bond acceptors (Lipinski definition) is 7. The van der Waals surface area contributed by atoms with E-state index in [0.29, 0.717) is 24.7 Å². The van der Waals surface area contributed by atoms with Crippen LogP contribution in [0.15, 0.2) is 101 Å². The Morgan fingerprint density at radius 2 is 1.59 bits per heavy atom. The van der Waals surface area contributed by atoms with Crippen molar-refractivity contribution in [2.45, 2.75) is 45.5 Å². The van der Waals surface area contributed by atoms with E-state index in [2.05, 4.69) is 13.2 Å². The molecule has 1 aromatic heterocycles. The van der Waals surface area contributed by atoms with Crippen LogP contribution < -0.4 is 19.6 Å². The molecule has 4 aromatic rings. The molecule has 0 radical (unpaired) electrons. The van der Waals surface area contributed by atoms with Crippen LogP contribution >= 0.6 is 0 Å². The molecule has 0 amide bonds. The number of aromatic hydroxyl groups is 1. The maximum absolute atomic E-state index is 13.5. The fourth-order valence-corrected chi connectivity index (χ4v) is 3.99. The molecule has 3 aromatic carbocycles. The molecular formula is C34H36O7. The maximum atomic E-state index is 13.5. The third-order valence-corrected chi connectivity index (χ3v) is 6.37. The summed E-state index contributed by atoms with van der Waals surface area (Å²) in [6.07, 6.45) is 6.99. The van der Waals surface area contributed by atoms with E-state index in [0.717, 1.165) is 5.56 Å². The lowest BCUT2D eigenvalue weighted by Crippen LogP contribution is -2.25. The average molecular weight is 557 g/mol. The second-order valence-corrected chi connectivity index (χ2v) is 10.6. The molecule has 7 heteroatoms. The van der Waals surface area contributed by atoms with Gasteiger partial charge in [0, 0.05) is 12.1 Å². The number of phenols is 1. The van der Waals surface area contributed by atoms with Gasteiger partial charge in [-0.25, -0.2) is 0 Å². The molecule has 0 aliphatic heterocycles. The summed E-state index contributed by atoms with van der Waals surface area (Å²) in [7, 11) is 0. The molecule has 0 aliphatic rings. The van der Waals surface area contributed by atoms with Gasteiger partial charge in [0.05, 0.1) is 18.6 Å². The molecule has 0 saturated heterocycles. The van der Waals surface area contributed by atoms with E-state index in [1.54, 1.807) is 30.4 Å². The van der Waals surface area contributed by atoms with Crippen molar-refractivity contribution in [1.29, 1.82) is 0 Å². The molecule has 214 valence electrons. The topological polar surface area (TPSA) is 87.4 Å². The number of phenolic OH excluding ortho intramolecular Hbond substituents is 1. The molecule has 4 rings (SSSR count). The summed E-state index contributed by atoms with van der Waals surface area (Å²) >= 11 is 0. The van der Waals surface area contributed by atoms with Crippen LogP contribution in [0, 0.1) is 0 Å². The van der Waals surface area contributed by atoms with Gasteiger partial charge in [0.25, 0.3) is 0 Å². The van der Waals surface area contributed by atoms with Gasteiger partial charge in [-0.1, -0.05) is 49.6 Å². The minimum absolute atomic E-state index is 0.0442. The first kappa shape index (κ1) is 29.5. The quantitative estimate of drug-likeness (QED) is 0.104. The van der Waals surface area contributed by atoms with Crippen LogP contribution in [0.1, 0.15) is 33.3 Å². The Kier molecular flexibility index (Phi) is 8.89. The van der Waals surface area contributed by atoms with Gasteiger partial charge in [0.1, 0.15) is 40.3 Å². The molecule has 0 unspecified atom stereocenters. The summed E-state index contributed by atoms with van der Waals surface area (Å²) in [6.45, 7) is 16.1. The summed E-state index contributed by atoms with van der Waals surface area (Å²) in [5, 5.41) is 11.0. The third-order valence-electron chi connectivity index (χ3n) is 6.37. The molecule has 0 aliphatic carbocycles. The average Bonchev–Trinajstić information content (AvgIpc) is 2.93. The smallest absolute Gasteiger partial charge is 0.205 e. The maximum Gasteiger partial charge on any atom is 0.205 e. The first-order valence-electron chi connectivity index (χ1n) is 13.3. The minimum atomic E-state index is -0.723. The highest BCUT2D eigenvalue weighted by atomic mass is 16.5. The Labute approximate surface area is 239 Å². The van der Waals surface area contributed by atoms with E-state index < -0.39 is 16.6 Å². The van der Waals surface area contributed by atoms with Gasteiger partial charge < -0.3 is 28.5 Å². The van der Waals surface area contributed by atoms with E-state index in [1.165, 1.54) is 6.07 Å². The standard InChI is InChI=1S/C34H36O7/c1-7-33(3,4)40-24-20-26(35)29-28(21-24)39-31-25(30(29)36)16-17-27(41-34(5,6)8-2)32(31)38-19-13-12-18-37-22-23-14-10-9-11-15-23/h7-17,20-21,35H,1-2,18-19,22H2,3-6H3/b13-12+. The van der Waals surface area contributed by atoms with Crippen molar-refractivity contribution in [3.8, 4) is 23.0 Å². The Morgan fingerprint density at radius 3 is 2.29 bits per heavy atom. The molecule has 0 atom stereocenters. The summed E-state index contributed by atoms with van der Waals surface area (Å²) in [6, 6.07) is 16.1. The summed E-state index contributed by atoms with van der Waals surface area (Å²) < 4.78 is 30.2. The van der Waals surface area contributed by atoms with Crippen molar-refractivity contribution < 1.29 is 28.5 Å². The van der Waals surface area contributed by atoms with Crippen molar-refractivity contribution in [3.05, 3.63) is 108 Å². The zero-order valence-electron chi connectivity index (χ0n) is 23.9. The highest BCUT2D eigenvalue weighted by Crippen LogP contribution is 2.40. The monoisotopic (exact) mass is 556 g/mol. The predicted molar refractivity (Wildman–Crippen MR) is 162 cm³/mol. The van der Waals surface area contributed by atoms with Crippen LogP contribution in [0.2, 0.25) is 0 Å². The highest BCUT2D eigenvalue weighted by molar-refractivity contribution is 5.96. The second-order valence-electron chi connectivity index (χ2n) is 10.6. The van der Waals surface area contributed by atoms with Crippen molar-refractivity contribution >= 4 is 21.9 Å². The number of rotatable bonds is 13. The van der Waals surface area contributed by atoms with E-state index in [-0.39, 0.29) is 40.0 Å². The predicted octanol–water partition coefficient (Wildman–Crippen LogP) is 7.49. The van der Waals surface area contributed by atoms with E-state index in [4.69, 9.17) is 23.4 Å². The third kappa shape index (κ3) is 7.18. The van der Waals surface area contributed by atoms with Gasteiger partial charge in [-0.2, -0.15) is 0 Å². The molecule has 7 nitrogen and oxygen atoms in total. The second kappa shape index (κ2) is 12.4. The molecule has 0 fully saturated rings. The zero-order chi connectivity index (χ0) is 29.6. The van der Waals surface area contributed by atoms with Gasteiger partial charge >= 0.3 is 0 Å². The molecule has 41 heavy (non-hydrogen) atoms. The van der Waals surface area contributed by atoms with Crippen molar-refractivity contribution in [2.75, 3.05) is 13.2 Å². The number of benzene rings is 3. The summed E-state index contributed by atoms with van der Waals surface area (Å²) in [5.74, 6) is 0.706. The summed E-state index contributed by atoms with van der Waals surface area (Å²) in [5.41, 5.74) is -0.410. The van der Waals surface area contributed by atoms with Gasteiger partial charge in [0.15, 0.2) is 11.3 Å². The Hall–Kier alpha value is -4.49. The molecule has 1 heterocycles. The largest absolute Gasteiger partial charge is 0.507 e. The van der Waals surface area contributed by atoms with Gasteiger partial charge in [-0.05, 0) is 63.6 Å². The lowest BCUT2D eigenvalue weighted by atomic mass is 10.1. The van der Waals surface area contributed by atoms with Crippen LogP contribution in [0.4, 0.5) is 0 Å². The van der Waals surface area contributed by atoms with E-state index in [1.807, 2.05) is 70.2 Å². The van der Waals surface area contributed by atoms with Crippen molar-refractivity contribution in [3.63, 3.8) is 0 Å². The van der Waals surface area contributed by atoms with Gasteiger partial charge in [0.2, 0.25) is 11.2 Å². The molecular weight excluding hydrogens is 520 g/mol. The number of ether oxygens (including phenoxy) is 4. The first-order chi connectivity index (χ1) is 19.5. The van der Waals surface area contributed by atoms with Crippen LogP contribution in [0.25, 0.3) is 21.9 Å². The normalized spacial score (nSPS) is 12.1. The molecule has 0 spiro atoms. The zero-order valence-corrected chi connectivity index (χ0v) is 23.9. The van der Waals surface area contributed by atoms with Gasteiger partial charge in [-0.3, -0.25) is 4.79 Å². The van der Waals surface area contributed by atoms with Crippen LogP contribution in [0.3, 0.4) is 0 Å². The Morgan fingerprint density at radius 1 is 0.902 bits per heavy atom. The van der Waals surface area contributed by atoms with Gasteiger partial charge in [-0.15, -0.1) is 0 Å². The molecule has 1 N–H and O–H groups in total.